The molecule has 0 aliphatic rings. The van der Waals surface area contributed by atoms with Crippen molar-refractivity contribution in [1.82, 2.24) is 0 Å². The van der Waals surface area contributed by atoms with Crippen molar-refractivity contribution in [2.75, 3.05) is 0 Å². The summed E-state index contributed by atoms with van der Waals surface area (Å²) in [6.07, 6.45) is 0. The number of furan rings is 1. The molecule has 0 amide bonds. The Balaban J connectivity index is 2.28. The van der Waals surface area contributed by atoms with Crippen molar-refractivity contribution < 1.29 is 19.4 Å². The second kappa shape index (κ2) is 4.02. The van der Waals surface area contributed by atoms with Gasteiger partial charge in [-0.25, -0.2) is 0 Å². The van der Waals surface area contributed by atoms with Gasteiger partial charge in [-0.2, -0.15) is 0 Å². The van der Waals surface area contributed by atoms with Gasteiger partial charge < -0.3 is 14.6 Å². The van der Waals surface area contributed by atoms with Crippen LogP contribution in [0.5, 0.6) is 5.75 Å². The molecule has 19 heavy (non-hydrogen) atoms. The molecule has 2 aromatic carbocycles. The monoisotopic (exact) mass is 256 g/mol. The SMILES string of the molecule is CC(C(=O)O)c1ccc2oc3ccc(O)cc3c2c1. The molecule has 1 atom stereocenters. The molecule has 0 aliphatic carbocycles. The van der Waals surface area contributed by atoms with Crippen molar-refractivity contribution >= 4 is 27.9 Å². The minimum Gasteiger partial charge on any atom is -0.508 e. The van der Waals surface area contributed by atoms with E-state index in [0.29, 0.717) is 16.7 Å². The van der Waals surface area contributed by atoms with Gasteiger partial charge >= 0.3 is 5.97 Å². The predicted molar refractivity (Wildman–Crippen MR) is 71.4 cm³/mol. The van der Waals surface area contributed by atoms with Crippen molar-refractivity contribution in [3.8, 4) is 5.75 Å². The zero-order chi connectivity index (χ0) is 13.6. The lowest BCUT2D eigenvalue weighted by atomic mass is 9.99. The molecular weight excluding hydrogens is 244 g/mol. The number of hydrogen-bond acceptors (Lipinski definition) is 3. The second-order valence-electron chi connectivity index (χ2n) is 4.60. The number of carboxylic acids is 1. The van der Waals surface area contributed by atoms with E-state index in [-0.39, 0.29) is 5.75 Å². The fraction of sp³-hybridized carbons (Fsp3) is 0.133. The number of benzene rings is 2. The summed E-state index contributed by atoms with van der Waals surface area (Å²) in [6.45, 7) is 1.64. The van der Waals surface area contributed by atoms with E-state index in [1.807, 2.05) is 0 Å². The highest BCUT2D eigenvalue weighted by Gasteiger charge is 2.16. The first-order valence-electron chi connectivity index (χ1n) is 5.94. The van der Waals surface area contributed by atoms with Crippen LogP contribution >= 0.6 is 0 Å². The Hall–Kier alpha value is -2.49. The number of aliphatic carboxylic acids is 1. The average Bonchev–Trinajstić information content (AvgIpc) is 2.75. The summed E-state index contributed by atoms with van der Waals surface area (Å²) < 4.78 is 5.64. The van der Waals surface area contributed by atoms with E-state index in [9.17, 15) is 9.90 Å². The van der Waals surface area contributed by atoms with Crippen LogP contribution in [0.4, 0.5) is 0 Å². The molecule has 0 fully saturated rings. The summed E-state index contributed by atoms with van der Waals surface area (Å²) >= 11 is 0. The number of phenolic OH excluding ortho intramolecular Hbond substituents is 1. The molecule has 2 N–H and O–H groups in total. The highest BCUT2D eigenvalue weighted by atomic mass is 16.4. The first-order chi connectivity index (χ1) is 9.06. The van der Waals surface area contributed by atoms with Crippen molar-refractivity contribution in [1.29, 1.82) is 0 Å². The topological polar surface area (TPSA) is 70.7 Å². The van der Waals surface area contributed by atoms with Gasteiger partial charge in [0, 0.05) is 10.8 Å². The highest BCUT2D eigenvalue weighted by Crippen LogP contribution is 2.33. The number of carboxylic acid groups (broad SMARTS) is 1. The van der Waals surface area contributed by atoms with E-state index in [2.05, 4.69) is 0 Å². The molecule has 0 spiro atoms. The molecule has 0 radical (unpaired) electrons. The Morgan fingerprint density at radius 2 is 1.74 bits per heavy atom. The summed E-state index contributed by atoms with van der Waals surface area (Å²) in [5, 5.41) is 20.2. The lowest BCUT2D eigenvalue weighted by molar-refractivity contribution is -0.138. The van der Waals surface area contributed by atoms with E-state index >= 15 is 0 Å². The van der Waals surface area contributed by atoms with Crippen LogP contribution in [0.2, 0.25) is 0 Å². The van der Waals surface area contributed by atoms with E-state index in [1.165, 1.54) is 0 Å². The molecule has 1 unspecified atom stereocenters. The molecule has 1 aromatic heterocycles. The van der Waals surface area contributed by atoms with Crippen LogP contribution in [0.15, 0.2) is 40.8 Å². The van der Waals surface area contributed by atoms with Gasteiger partial charge in [0.2, 0.25) is 0 Å². The third-order valence-electron chi connectivity index (χ3n) is 3.35. The van der Waals surface area contributed by atoms with Crippen molar-refractivity contribution in [3.05, 3.63) is 42.0 Å². The standard InChI is InChI=1S/C15H12O4/c1-8(15(17)18)9-2-4-13-11(6-9)12-7-10(16)3-5-14(12)19-13/h2-8,16H,1H3,(H,17,18). The summed E-state index contributed by atoms with van der Waals surface area (Å²) in [7, 11) is 0. The van der Waals surface area contributed by atoms with Crippen molar-refractivity contribution in [2.24, 2.45) is 0 Å². The maximum Gasteiger partial charge on any atom is 0.310 e. The van der Waals surface area contributed by atoms with Crippen LogP contribution in [0.3, 0.4) is 0 Å². The van der Waals surface area contributed by atoms with Gasteiger partial charge in [0.1, 0.15) is 16.9 Å². The third kappa shape index (κ3) is 1.81. The first-order valence-corrected chi connectivity index (χ1v) is 5.94. The van der Waals surface area contributed by atoms with Crippen LogP contribution in [-0.4, -0.2) is 16.2 Å². The average molecular weight is 256 g/mol. The summed E-state index contributed by atoms with van der Waals surface area (Å²) in [5.74, 6) is -1.28. The van der Waals surface area contributed by atoms with Gasteiger partial charge in [-0.05, 0) is 42.8 Å². The van der Waals surface area contributed by atoms with Crippen LogP contribution in [0.1, 0.15) is 18.4 Å². The van der Waals surface area contributed by atoms with Crippen LogP contribution in [0.25, 0.3) is 21.9 Å². The summed E-state index contributed by atoms with van der Waals surface area (Å²) in [6, 6.07) is 10.2. The van der Waals surface area contributed by atoms with E-state index in [4.69, 9.17) is 9.52 Å². The number of aromatic hydroxyl groups is 1. The molecule has 1 heterocycles. The molecule has 0 saturated heterocycles. The van der Waals surface area contributed by atoms with E-state index in [0.717, 1.165) is 10.8 Å². The zero-order valence-corrected chi connectivity index (χ0v) is 10.3. The fourth-order valence-electron chi connectivity index (χ4n) is 2.19. The molecular formula is C15H12O4. The minimum absolute atomic E-state index is 0.159. The Kier molecular flexibility index (Phi) is 2.45. The number of phenols is 1. The number of fused-ring (bicyclic) bond motifs is 3. The molecule has 0 aliphatic heterocycles. The van der Waals surface area contributed by atoms with Gasteiger partial charge in [0.05, 0.1) is 5.92 Å². The third-order valence-corrected chi connectivity index (χ3v) is 3.35. The normalized spacial score (nSPS) is 12.9. The van der Waals surface area contributed by atoms with Gasteiger partial charge in [-0.3, -0.25) is 4.79 Å². The molecule has 3 aromatic rings. The quantitative estimate of drug-likeness (QED) is 0.736. The largest absolute Gasteiger partial charge is 0.508 e. The second-order valence-corrected chi connectivity index (χ2v) is 4.60. The van der Waals surface area contributed by atoms with Gasteiger partial charge in [0.15, 0.2) is 0 Å². The Morgan fingerprint density at radius 1 is 1.11 bits per heavy atom. The van der Waals surface area contributed by atoms with Gasteiger partial charge in [-0.1, -0.05) is 6.07 Å². The zero-order valence-electron chi connectivity index (χ0n) is 10.3. The molecule has 4 heteroatoms. The molecule has 0 bridgehead atoms. The summed E-state index contributed by atoms with van der Waals surface area (Å²) in [5.41, 5.74) is 2.07. The number of hydrogen-bond donors (Lipinski definition) is 2. The smallest absolute Gasteiger partial charge is 0.310 e. The highest BCUT2D eigenvalue weighted by molar-refractivity contribution is 6.05. The van der Waals surface area contributed by atoms with Gasteiger partial charge in [-0.15, -0.1) is 0 Å². The molecule has 96 valence electrons. The maximum absolute atomic E-state index is 11.0. The molecule has 0 saturated carbocycles. The Bertz CT molecular complexity index is 785. The van der Waals surface area contributed by atoms with Crippen LogP contribution in [-0.2, 0) is 4.79 Å². The lowest BCUT2D eigenvalue weighted by Gasteiger charge is -2.05. The number of carbonyl (C=O) groups is 1. The number of rotatable bonds is 2. The van der Waals surface area contributed by atoms with E-state index < -0.39 is 11.9 Å². The Labute approximate surface area is 108 Å². The Morgan fingerprint density at radius 3 is 2.42 bits per heavy atom. The van der Waals surface area contributed by atoms with Gasteiger partial charge in [0.25, 0.3) is 0 Å². The lowest BCUT2D eigenvalue weighted by Crippen LogP contribution is -2.06. The van der Waals surface area contributed by atoms with E-state index in [1.54, 1.807) is 43.3 Å². The summed E-state index contributed by atoms with van der Waals surface area (Å²) in [4.78, 5) is 11.0. The predicted octanol–water partition coefficient (Wildman–Crippen LogP) is 3.48. The van der Waals surface area contributed by atoms with Crippen molar-refractivity contribution in [2.45, 2.75) is 12.8 Å². The fourth-order valence-corrected chi connectivity index (χ4v) is 2.19. The van der Waals surface area contributed by atoms with Crippen LogP contribution < -0.4 is 0 Å². The maximum atomic E-state index is 11.0. The first kappa shape index (κ1) is 11.6. The minimum atomic E-state index is -0.866. The molecule has 4 nitrogen and oxygen atoms in total. The molecule has 3 rings (SSSR count). The van der Waals surface area contributed by atoms with Crippen molar-refractivity contribution in [3.63, 3.8) is 0 Å². The van der Waals surface area contributed by atoms with Crippen LogP contribution in [0, 0.1) is 0 Å².